The molecule has 1 aliphatic heterocycles. The number of aromatic nitrogens is 1. The second-order valence-corrected chi connectivity index (χ2v) is 6.94. The first-order valence-corrected chi connectivity index (χ1v) is 9.61. The van der Waals surface area contributed by atoms with Crippen molar-refractivity contribution in [2.75, 3.05) is 39.4 Å². The average molecular weight is 385 g/mol. The van der Waals surface area contributed by atoms with E-state index in [1.165, 1.54) is 6.07 Å². The van der Waals surface area contributed by atoms with Crippen molar-refractivity contribution in [3.8, 4) is 0 Å². The van der Waals surface area contributed by atoms with E-state index in [4.69, 9.17) is 9.15 Å². The molecule has 0 spiro atoms. The van der Waals surface area contributed by atoms with E-state index in [1.807, 2.05) is 0 Å². The molecule has 6 nitrogen and oxygen atoms in total. The van der Waals surface area contributed by atoms with Crippen LogP contribution in [0.2, 0.25) is 0 Å². The lowest BCUT2D eigenvalue weighted by molar-refractivity contribution is 0.0374. The van der Waals surface area contributed by atoms with Crippen LogP contribution in [-0.2, 0) is 11.3 Å². The first-order chi connectivity index (χ1) is 13.7. The van der Waals surface area contributed by atoms with Crippen molar-refractivity contribution in [3.05, 3.63) is 59.7 Å². The first kappa shape index (κ1) is 18.7. The van der Waals surface area contributed by atoms with Gasteiger partial charge in [-0.1, -0.05) is 18.2 Å². The van der Waals surface area contributed by atoms with E-state index in [2.05, 4.69) is 10.2 Å². The number of benzene rings is 1. The van der Waals surface area contributed by atoms with E-state index < -0.39 is 0 Å². The Hall–Kier alpha value is -2.64. The third-order valence-electron chi connectivity index (χ3n) is 5.08. The number of hydrogen-bond acceptors (Lipinski definition) is 4. The molecule has 2 aromatic heterocycles. The molecule has 0 radical (unpaired) electrons. The summed E-state index contributed by atoms with van der Waals surface area (Å²) >= 11 is 0. The number of fused-ring (bicyclic) bond motifs is 1. The molecule has 1 amide bonds. The van der Waals surface area contributed by atoms with Crippen molar-refractivity contribution in [1.29, 1.82) is 0 Å². The normalized spacial score (nSPS) is 15.2. The number of nitrogens with zero attached hydrogens (tertiary/aromatic N) is 2. The third-order valence-corrected chi connectivity index (χ3v) is 5.08. The Morgan fingerprint density at radius 1 is 1.18 bits per heavy atom. The zero-order chi connectivity index (χ0) is 19.3. The number of rotatable bonds is 7. The van der Waals surface area contributed by atoms with Gasteiger partial charge in [-0.3, -0.25) is 9.69 Å². The highest BCUT2D eigenvalue weighted by Crippen LogP contribution is 2.23. The molecule has 4 rings (SSSR count). The molecule has 1 saturated heterocycles. The van der Waals surface area contributed by atoms with E-state index in [0.717, 1.165) is 44.8 Å². The van der Waals surface area contributed by atoms with Gasteiger partial charge in [-0.05, 0) is 19.0 Å². The molecule has 0 saturated carbocycles. The summed E-state index contributed by atoms with van der Waals surface area (Å²) < 4.78 is 26.7. The maximum absolute atomic E-state index is 14.1. The average Bonchev–Trinajstić information content (AvgIpc) is 3.30. The van der Waals surface area contributed by atoms with Crippen LogP contribution in [0.25, 0.3) is 11.1 Å². The summed E-state index contributed by atoms with van der Waals surface area (Å²) in [5.41, 5.74) is 2.41. The fourth-order valence-electron chi connectivity index (χ4n) is 3.55. The summed E-state index contributed by atoms with van der Waals surface area (Å²) in [6.45, 7) is 5.21. The van der Waals surface area contributed by atoms with Crippen molar-refractivity contribution in [2.45, 2.75) is 13.0 Å². The fourth-order valence-corrected chi connectivity index (χ4v) is 3.55. The second kappa shape index (κ2) is 8.58. The molecule has 1 aliphatic rings. The van der Waals surface area contributed by atoms with Crippen molar-refractivity contribution < 1.29 is 18.3 Å². The number of nitrogens with one attached hydrogen (secondary N) is 1. The van der Waals surface area contributed by atoms with E-state index in [-0.39, 0.29) is 18.3 Å². The zero-order valence-electron chi connectivity index (χ0n) is 15.7. The molecular weight excluding hydrogens is 361 g/mol. The van der Waals surface area contributed by atoms with Crippen LogP contribution in [0, 0.1) is 5.82 Å². The minimum absolute atomic E-state index is 0.176. The summed E-state index contributed by atoms with van der Waals surface area (Å²) in [7, 11) is 0. The number of furan rings is 1. The third kappa shape index (κ3) is 4.10. The molecule has 7 heteroatoms. The largest absolute Gasteiger partial charge is 0.463 e. The number of morpholine rings is 1. The summed E-state index contributed by atoms with van der Waals surface area (Å²) in [5.74, 6) is -0.463. The topological polar surface area (TPSA) is 59.6 Å². The fraction of sp³-hybridized carbons (Fsp3) is 0.381. The number of carbonyl (C=O) groups excluding carboxylic acids is 1. The smallest absolute Gasteiger partial charge is 0.268 e. The van der Waals surface area contributed by atoms with E-state index in [1.54, 1.807) is 41.2 Å². The van der Waals surface area contributed by atoms with Crippen molar-refractivity contribution >= 4 is 17.0 Å². The van der Waals surface area contributed by atoms with Crippen molar-refractivity contribution in [3.63, 3.8) is 0 Å². The molecular formula is C21H24FN3O3. The zero-order valence-corrected chi connectivity index (χ0v) is 15.7. The number of carbonyl (C=O) groups is 1. The lowest BCUT2D eigenvalue weighted by Crippen LogP contribution is -2.38. The molecule has 1 aromatic carbocycles. The predicted octanol–water partition coefficient (Wildman–Crippen LogP) is 2.87. The van der Waals surface area contributed by atoms with Crippen molar-refractivity contribution in [1.82, 2.24) is 14.8 Å². The molecule has 0 aliphatic carbocycles. The Morgan fingerprint density at radius 3 is 2.82 bits per heavy atom. The standard InChI is InChI=1S/C21H24FN3O3/c22-17-5-2-1-4-16(17)15-25-18-6-11-28-20(18)14-19(25)21(26)23-7-3-8-24-9-12-27-13-10-24/h1-2,4-6,11,14H,3,7-10,12-13,15H2,(H,23,26). The lowest BCUT2D eigenvalue weighted by Gasteiger charge is -2.26. The van der Waals surface area contributed by atoms with Gasteiger partial charge in [0.2, 0.25) is 0 Å². The predicted molar refractivity (Wildman–Crippen MR) is 104 cm³/mol. The van der Waals surface area contributed by atoms with Crippen LogP contribution in [0.5, 0.6) is 0 Å². The molecule has 3 heterocycles. The highest BCUT2D eigenvalue weighted by Gasteiger charge is 2.18. The van der Waals surface area contributed by atoms with Gasteiger partial charge in [-0.25, -0.2) is 4.39 Å². The molecule has 148 valence electrons. The summed E-state index contributed by atoms with van der Waals surface area (Å²) in [6, 6.07) is 10.1. The monoisotopic (exact) mass is 385 g/mol. The molecule has 1 N–H and O–H groups in total. The van der Waals surface area contributed by atoms with Gasteiger partial charge in [0.15, 0.2) is 5.58 Å². The minimum Gasteiger partial charge on any atom is -0.463 e. The maximum Gasteiger partial charge on any atom is 0.268 e. The highest BCUT2D eigenvalue weighted by atomic mass is 19.1. The van der Waals surface area contributed by atoms with Gasteiger partial charge in [0.1, 0.15) is 11.5 Å². The summed E-state index contributed by atoms with van der Waals surface area (Å²) in [5, 5.41) is 2.98. The molecule has 0 bridgehead atoms. The molecule has 0 atom stereocenters. The quantitative estimate of drug-likeness (QED) is 0.636. The van der Waals surface area contributed by atoms with E-state index in [0.29, 0.717) is 23.4 Å². The Bertz CT molecular complexity index is 943. The SMILES string of the molecule is O=C(NCCCN1CCOCC1)c1cc2occc2n1Cc1ccccc1F. The van der Waals surface area contributed by atoms with Gasteiger partial charge in [-0.15, -0.1) is 0 Å². The molecule has 1 fully saturated rings. The van der Waals surface area contributed by atoms with Gasteiger partial charge in [0.25, 0.3) is 5.91 Å². The summed E-state index contributed by atoms with van der Waals surface area (Å²) in [6.07, 6.45) is 2.45. The van der Waals surface area contributed by atoms with Crippen LogP contribution in [0.3, 0.4) is 0 Å². The van der Waals surface area contributed by atoms with Gasteiger partial charge in [0.05, 0.1) is 31.5 Å². The molecule has 28 heavy (non-hydrogen) atoms. The summed E-state index contributed by atoms with van der Waals surface area (Å²) in [4.78, 5) is 15.1. The first-order valence-electron chi connectivity index (χ1n) is 9.61. The number of hydrogen-bond donors (Lipinski definition) is 1. The van der Waals surface area contributed by atoms with Crippen molar-refractivity contribution in [2.24, 2.45) is 0 Å². The van der Waals surface area contributed by atoms with Gasteiger partial charge in [0, 0.05) is 37.3 Å². The molecule has 0 unspecified atom stereocenters. The Labute approximate surface area is 162 Å². The van der Waals surface area contributed by atoms with Crippen LogP contribution >= 0.6 is 0 Å². The minimum atomic E-state index is -0.287. The highest BCUT2D eigenvalue weighted by molar-refractivity contribution is 5.97. The lowest BCUT2D eigenvalue weighted by atomic mass is 10.2. The number of halogens is 1. The van der Waals surface area contributed by atoms with Gasteiger partial charge < -0.3 is 19.0 Å². The van der Waals surface area contributed by atoms with E-state index >= 15 is 0 Å². The molecule has 3 aromatic rings. The van der Waals surface area contributed by atoms with Crippen LogP contribution in [0.15, 0.2) is 47.1 Å². The Balaban J connectivity index is 1.43. The van der Waals surface area contributed by atoms with Crippen LogP contribution in [0.4, 0.5) is 4.39 Å². The maximum atomic E-state index is 14.1. The second-order valence-electron chi connectivity index (χ2n) is 6.94. The van der Waals surface area contributed by atoms with Gasteiger partial charge in [-0.2, -0.15) is 0 Å². The number of ether oxygens (including phenoxy) is 1. The number of amides is 1. The van der Waals surface area contributed by atoms with Gasteiger partial charge >= 0.3 is 0 Å². The van der Waals surface area contributed by atoms with Crippen LogP contribution in [0.1, 0.15) is 22.5 Å². The Kier molecular flexibility index (Phi) is 5.73. The Morgan fingerprint density at radius 2 is 2.00 bits per heavy atom. The van der Waals surface area contributed by atoms with Crippen LogP contribution < -0.4 is 5.32 Å². The van der Waals surface area contributed by atoms with E-state index in [9.17, 15) is 9.18 Å². The van der Waals surface area contributed by atoms with Crippen LogP contribution in [-0.4, -0.2) is 54.8 Å².